The van der Waals surface area contributed by atoms with E-state index in [0.29, 0.717) is 17.1 Å². The lowest BCUT2D eigenvalue weighted by molar-refractivity contribution is -0.0498. The van der Waals surface area contributed by atoms with Crippen molar-refractivity contribution in [3.05, 3.63) is 46.7 Å². The minimum atomic E-state index is -2.91. The van der Waals surface area contributed by atoms with Crippen LogP contribution in [0.2, 0.25) is 5.02 Å². The number of nitrogens with one attached hydrogen (secondary N) is 1. The maximum absolute atomic E-state index is 12.9. The number of carbonyl (C=O) groups excluding carboxylic acids is 1. The molecule has 1 N–H and O–H groups in total. The number of benzene rings is 1. The van der Waals surface area contributed by atoms with Crippen LogP contribution in [0.15, 0.2) is 30.6 Å². The van der Waals surface area contributed by atoms with E-state index in [1.807, 2.05) is 11.8 Å². The highest BCUT2D eigenvalue weighted by atomic mass is 35.5. The second kappa shape index (κ2) is 9.54. The Kier molecular flexibility index (Phi) is 6.76. The normalized spacial score (nSPS) is 18.7. The summed E-state index contributed by atoms with van der Waals surface area (Å²) in [6.45, 7) is 1.93. The minimum Gasteiger partial charge on any atom is -0.435 e. The first kappa shape index (κ1) is 22.7. The first-order chi connectivity index (χ1) is 15.3. The summed E-state index contributed by atoms with van der Waals surface area (Å²) in [6.07, 6.45) is 6.01. The Morgan fingerprint density at radius 3 is 2.62 bits per heavy atom. The van der Waals surface area contributed by atoms with Crippen molar-refractivity contribution in [1.82, 2.24) is 14.9 Å². The van der Waals surface area contributed by atoms with Gasteiger partial charge in [-0.1, -0.05) is 17.7 Å². The second-order valence-electron chi connectivity index (χ2n) is 8.31. The molecule has 0 bridgehead atoms. The van der Waals surface area contributed by atoms with Crippen molar-refractivity contribution in [3.8, 4) is 5.75 Å². The van der Waals surface area contributed by atoms with Gasteiger partial charge >= 0.3 is 6.61 Å². The Balaban J connectivity index is 1.37. The molecule has 2 saturated heterocycles. The monoisotopic (exact) mass is 466 g/mol. The van der Waals surface area contributed by atoms with Crippen LogP contribution in [0.4, 0.5) is 14.7 Å². The molecule has 2 aromatic rings. The van der Waals surface area contributed by atoms with Crippen LogP contribution in [-0.4, -0.2) is 53.7 Å². The fourth-order valence-electron chi connectivity index (χ4n) is 4.32. The molecule has 3 heterocycles. The summed E-state index contributed by atoms with van der Waals surface area (Å²) in [5, 5.41) is 3.39. The summed E-state index contributed by atoms with van der Waals surface area (Å²) in [7, 11) is 0. The number of nitrogens with zero attached hydrogens (tertiary/aromatic N) is 3. The van der Waals surface area contributed by atoms with E-state index >= 15 is 0 Å². The van der Waals surface area contributed by atoms with Gasteiger partial charge in [0.1, 0.15) is 5.75 Å². The molecule has 1 aromatic carbocycles. The molecule has 10 heteroatoms. The van der Waals surface area contributed by atoms with Crippen molar-refractivity contribution in [1.29, 1.82) is 0 Å². The molecule has 1 amide bonds. The molecule has 1 atom stereocenters. The number of rotatable bonds is 6. The van der Waals surface area contributed by atoms with Crippen LogP contribution < -0.4 is 10.1 Å². The first-order valence-corrected chi connectivity index (χ1v) is 10.9. The predicted octanol–water partition coefficient (Wildman–Crippen LogP) is 4.55. The average molecular weight is 467 g/mol. The quantitative estimate of drug-likeness (QED) is 0.673. The highest BCUT2D eigenvalue weighted by molar-refractivity contribution is 6.31. The molecular formula is C22H25ClF2N4O3. The van der Waals surface area contributed by atoms with Crippen LogP contribution in [0, 0.1) is 5.41 Å². The molecule has 1 unspecified atom stereocenters. The van der Waals surface area contributed by atoms with Crippen LogP contribution in [0.3, 0.4) is 0 Å². The predicted molar refractivity (Wildman–Crippen MR) is 115 cm³/mol. The summed E-state index contributed by atoms with van der Waals surface area (Å²) >= 11 is 6.21. The number of hydrogen-bond acceptors (Lipinski definition) is 6. The molecule has 1 spiro atoms. The number of alkyl halides is 2. The third kappa shape index (κ3) is 5.10. The Hall–Kier alpha value is -2.52. The lowest BCUT2D eigenvalue weighted by Crippen LogP contribution is -2.35. The van der Waals surface area contributed by atoms with E-state index in [1.54, 1.807) is 6.07 Å². The highest BCUT2D eigenvalue weighted by Gasteiger charge is 2.41. The zero-order valence-electron chi connectivity index (χ0n) is 17.7. The largest absolute Gasteiger partial charge is 0.435 e. The lowest BCUT2D eigenvalue weighted by atomic mass is 9.80. The lowest BCUT2D eigenvalue weighted by Gasteiger charge is -2.33. The van der Waals surface area contributed by atoms with Gasteiger partial charge < -0.3 is 19.7 Å². The van der Waals surface area contributed by atoms with Crippen LogP contribution in [0.1, 0.15) is 48.1 Å². The van der Waals surface area contributed by atoms with E-state index < -0.39 is 6.61 Å². The summed E-state index contributed by atoms with van der Waals surface area (Å²) in [5.41, 5.74) is 1.30. The maximum Gasteiger partial charge on any atom is 0.387 e. The number of amides is 1. The molecule has 1 aromatic heterocycles. The molecule has 172 valence electrons. The van der Waals surface area contributed by atoms with Crippen molar-refractivity contribution in [2.24, 2.45) is 5.41 Å². The van der Waals surface area contributed by atoms with Crippen molar-refractivity contribution < 1.29 is 23.0 Å². The van der Waals surface area contributed by atoms with E-state index in [-0.39, 0.29) is 28.1 Å². The number of likely N-dealkylation sites (tertiary alicyclic amines) is 1. The summed E-state index contributed by atoms with van der Waals surface area (Å²) < 4.78 is 34.5. The van der Waals surface area contributed by atoms with Gasteiger partial charge in [0.05, 0.1) is 11.6 Å². The third-order valence-electron chi connectivity index (χ3n) is 6.19. The van der Waals surface area contributed by atoms with E-state index in [1.165, 1.54) is 24.5 Å². The molecule has 32 heavy (non-hydrogen) atoms. The molecule has 4 rings (SSSR count). The molecular weight excluding hydrogens is 442 g/mol. The molecule has 0 radical (unpaired) electrons. The van der Waals surface area contributed by atoms with Crippen molar-refractivity contribution in [3.63, 3.8) is 0 Å². The topological polar surface area (TPSA) is 76.6 Å². The van der Waals surface area contributed by atoms with Gasteiger partial charge in [0.2, 0.25) is 5.95 Å². The van der Waals surface area contributed by atoms with Crippen molar-refractivity contribution >= 4 is 23.5 Å². The summed E-state index contributed by atoms with van der Waals surface area (Å²) in [6, 6.07) is 4.08. The van der Waals surface area contributed by atoms with Gasteiger partial charge in [0.15, 0.2) is 0 Å². The van der Waals surface area contributed by atoms with Crippen LogP contribution in [0.5, 0.6) is 5.75 Å². The molecule has 2 fully saturated rings. The van der Waals surface area contributed by atoms with E-state index in [4.69, 9.17) is 16.3 Å². The SMILES string of the molecule is CC(Nc1ncc(C(=O)N2CCC3(CCOCC3)C2)cn1)c1ccc(OC(F)F)cc1Cl. The Morgan fingerprint density at radius 1 is 1.25 bits per heavy atom. The minimum absolute atomic E-state index is 0.00971. The van der Waals surface area contributed by atoms with Gasteiger partial charge in [0, 0.05) is 43.7 Å². The average Bonchev–Trinajstić information content (AvgIpc) is 3.17. The molecule has 7 nitrogen and oxygen atoms in total. The zero-order valence-corrected chi connectivity index (χ0v) is 18.4. The van der Waals surface area contributed by atoms with Crippen molar-refractivity contribution in [2.45, 2.75) is 38.8 Å². The van der Waals surface area contributed by atoms with E-state index in [2.05, 4.69) is 20.0 Å². The van der Waals surface area contributed by atoms with Gasteiger partial charge in [-0.2, -0.15) is 8.78 Å². The van der Waals surface area contributed by atoms with E-state index in [0.717, 1.165) is 45.6 Å². The summed E-state index contributed by atoms with van der Waals surface area (Å²) in [4.78, 5) is 23.3. The fraction of sp³-hybridized carbons (Fsp3) is 0.500. The molecule has 2 aliphatic heterocycles. The fourth-order valence-corrected chi connectivity index (χ4v) is 4.66. The number of anilines is 1. The van der Waals surface area contributed by atoms with Crippen molar-refractivity contribution in [2.75, 3.05) is 31.6 Å². The standard InChI is InChI=1S/C22H25ClF2N4O3/c1-14(17-3-2-16(10-18(17)23)32-20(24)25)28-21-26-11-15(12-27-21)19(30)29-7-4-22(13-29)5-8-31-9-6-22/h2-3,10-12,14,20H,4-9,13H2,1H3,(H,26,27,28). The number of hydrogen-bond donors (Lipinski definition) is 1. The highest BCUT2D eigenvalue weighted by Crippen LogP contribution is 2.40. The van der Waals surface area contributed by atoms with Gasteiger partial charge in [-0.25, -0.2) is 9.97 Å². The van der Waals surface area contributed by atoms with Gasteiger partial charge in [0.25, 0.3) is 5.91 Å². The molecule has 0 aliphatic carbocycles. The molecule has 0 saturated carbocycles. The zero-order chi connectivity index (χ0) is 22.7. The number of ether oxygens (including phenoxy) is 2. The van der Waals surface area contributed by atoms with E-state index in [9.17, 15) is 13.6 Å². The van der Waals surface area contributed by atoms with Crippen LogP contribution in [0.25, 0.3) is 0 Å². The number of aromatic nitrogens is 2. The third-order valence-corrected chi connectivity index (χ3v) is 6.51. The Labute approximate surface area is 190 Å². The van der Waals surface area contributed by atoms with Gasteiger partial charge in [-0.05, 0) is 49.3 Å². The smallest absolute Gasteiger partial charge is 0.387 e. The van der Waals surface area contributed by atoms with Crippen LogP contribution >= 0.6 is 11.6 Å². The van der Waals surface area contributed by atoms with Gasteiger partial charge in [-0.15, -0.1) is 0 Å². The summed E-state index contributed by atoms with van der Waals surface area (Å²) in [5.74, 6) is 0.260. The second-order valence-corrected chi connectivity index (χ2v) is 8.72. The first-order valence-electron chi connectivity index (χ1n) is 10.6. The number of carbonyl (C=O) groups is 1. The Morgan fingerprint density at radius 2 is 1.97 bits per heavy atom. The van der Waals surface area contributed by atoms with Gasteiger partial charge in [-0.3, -0.25) is 4.79 Å². The maximum atomic E-state index is 12.9. The van der Waals surface area contributed by atoms with Crippen LogP contribution in [-0.2, 0) is 4.74 Å². The number of halogens is 3. The Bertz CT molecular complexity index is 955. The molecule has 2 aliphatic rings.